The monoisotopic (exact) mass is 375 g/mol. The van der Waals surface area contributed by atoms with E-state index in [1.807, 2.05) is 42.5 Å². The minimum absolute atomic E-state index is 0.0465. The van der Waals surface area contributed by atoms with Crippen LogP contribution in [0.15, 0.2) is 42.5 Å². The van der Waals surface area contributed by atoms with Gasteiger partial charge in [-0.2, -0.15) is 0 Å². The molecule has 2 aromatic carbocycles. The van der Waals surface area contributed by atoms with E-state index in [0.717, 1.165) is 16.5 Å². The van der Waals surface area contributed by atoms with Crippen molar-refractivity contribution >= 4 is 32.4 Å². The molecular formula is C19H25N3O3S. The highest BCUT2D eigenvalue weighted by molar-refractivity contribution is 7.89. The van der Waals surface area contributed by atoms with Gasteiger partial charge in [0.1, 0.15) is 0 Å². The number of anilines is 1. The molecule has 0 saturated heterocycles. The normalized spacial score (nSPS) is 20.7. The van der Waals surface area contributed by atoms with Crippen molar-refractivity contribution in [3.05, 3.63) is 42.5 Å². The number of benzene rings is 2. The van der Waals surface area contributed by atoms with Gasteiger partial charge in [0.05, 0.1) is 11.4 Å². The number of hydrogen-bond donors (Lipinski definition) is 3. The number of amides is 1. The summed E-state index contributed by atoms with van der Waals surface area (Å²) in [6, 6.07) is 13.8. The first-order valence-electron chi connectivity index (χ1n) is 9.02. The van der Waals surface area contributed by atoms with Crippen molar-refractivity contribution < 1.29 is 13.2 Å². The smallest absolute Gasteiger partial charge is 0.241 e. The van der Waals surface area contributed by atoms with Crippen molar-refractivity contribution in [3.63, 3.8) is 0 Å². The van der Waals surface area contributed by atoms with Crippen LogP contribution in [0.4, 0.5) is 5.69 Å². The fourth-order valence-electron chi connectivity index (χ4n) is 3.38. The zero-order chi connectivity index (χ0) is 18.6. The number of carbonyl (C=O) groups excluding carboxylic acids is 1. The zero-order valence-electron chi connectivity index (χ0n) is 14.9. The van der Waals surface area contributed by atoms with Gasteiger partial charge in [0.2, 0.25) is 15.9 Å². The molecule has 2 aromatic rings. The maximum absolute atomic E-state index is 12.4. The number of hydrazine groups is 1. The standard InChI is InChI=1S/C19H25N3O3S/c1-2-26(24,25)22-16-12-10-15(11-13-16)19(23)21-20-18-9-5-7-14-6-3-4-8-17(14)18/h3-9,15-16,20,22H,2,10-13H2,1H3,(H,21,23)/t15-,16-. The molecule has 1 amide bonds. The third-order valence-corrected chi connectivity index (χ3v) is 6.39. The van der Waals surface area contributed by atoms with E-state index in [2.05, 4.69) is 15.6 Å². The van der Waals surface area contributed by atoms with Crippen LogP contribution in [-0.2, 0) is 14.8 Å². The highest BCUT2D eigenvalue weighted by Gasteiger charge is 2.28. The molecule has 0 aromatic heterocycles. The predicted octanol–water partition coefficient (Wildman–Crippen LogP) is 2.78. The van der Waals surface area contributed by atoms with Crippen LogP contribution in [0.5, 0.6) is 0 Å². The van der Waals surface area contributed by atoms with Gasteiger partial charge in [0.25, 0.3) is 0 Å². The molecule has 1 fully saturated rings. The Morgan fingerprint density at radius 2 is 1.73 bits per heavy atom. The minimum Gasteiger partial charge on any atom is -0.298 e. The summed E-state index contributed by atoms with van der Waals surface area (Å²) >= 11 is 0. The molecule has 1 aliphatic carbocycles. The summed E-state index contributed by atoms with van der Waals surface area (Å²) in [7, 11) is -3.19. The van der Waals surface area contributed by atoms with E-state index >= 15 is 0 Å². The highest BCUT2D eigenvalue weighted by atomic mass is 32.2. The molecule has 0 unspecified atom stereocenters. The van der Waals surface area contributed by atoms with Gasteiger partial charge in [-0.15, -0.1) is 0 Å². The summed E-state index contributed by atoms with van der Waals surface area (Å²) in [6.07, 6.45) is 2.73. The van der Waals surface area contributed by atoms with Crippen LogP contribution in [0.25, 0.3) is 10.8 Å². The second kappa shape index (κ2) is 8.05. The lowest BCUT2D eigenvalue weighted by Crippen LogP contribution is -2.42. The fourth-order valence-corrected chi connectivity index (χ4v) is 4.29. The second-order valence-electron chi connectivity index (χ2n) is 6.71. The molecule has 6 nitrogen and oxygen atoms in total. The predicted molar refractivity (Wildman–Crippen MR) is 104 cm³/mol. The Morgan fingerprint density at radius 1 is 1.04 bits per heavy atom. The van der Waals surface area contributed by atoms with E-state index in [4.69, 9.17) is 0 Å². The molecule has 26 heavy (non-hydrogen) atoms. The number of hydrogen-bond acceptors (Lipinski definition) is 4. The molecule has 3 rings (SSSR count). The first kappa shape index (κ1) is 18.7. The molecule has 0 aliphatic heterocycles. The van der Waals surface area contributed by atoms with Gasteiger partial charge in [0, 0.05) is 17.3 Å². The van der Waals surface area contributed by atoms with Gasteiger partial charge >= 0.3 is 0 Å². The van der Waals surface area contributed by atoms with E-state index in [9.17, 15) is 13.2 Å². The minimum atomic E-state index is -3.19. The molecular weight excluding hydrogens is 350 g/mol. The SMILES string of the molecule is CCS(=O)(=O)N[C@H]1CC[C@H](C(=O)NNc2cccc3ccccc23)CC1. The molecule has 0 radical (unpaired) electrons. The van der Waals surface area contributed by atoms with Crippen molar-refractivity contribution in [3.8, 4) is 0 Å². The lowest BCUT2D eigenvalue weighted by molar-refractivity contribution is -0.125. The maximum Gasteiger partial charge on any atom is 0.241 e. The van der Waals surface area contributed by atoms with Crippen LogP contribution >= 0.6 is 0 Å². The fraction of sp³-hybridized carbons (Fsp3) is 0.421. The lowest BCUT2D eigenvalue weighted by Gasteiger charge is -2.28. The Morgan fingerprint density at radius 3 is 2.46 bits per heavy atom. The third-order valence-electron chi connectivity index (χ3n) is 4.93. The van der Waals surface area contributed by atoms with Crippen molar-refractivity contribution in [2.45, 2.75) is 38.6 Å². The third kappa shape index (κ3) is 4.53. The lowest BCUT2D eigenvalue weighted by atomic mass is 9.86. The number of sulfonamides is 1. The summed E-state index contributed by atoms with van der Waals surface area (Å²) in [5.74, 6) is -0.0582. The molecule has 1 aliphatic rings. The largest absolute Gasteiger partial charge is 0.298 e. The molecule has 0 bridgehead atoms. The Balaban J connectivity index is 1.53. The van der Waals surface area contributed by atoms with Gasteiger partial charge in [-0.25, -0.2) is 13.1 Å². The summed E-state index contributed by atoms with van der Waals surface area (Å²) < 4.78 is 26.0. The summed E-state index contributed by atoms with van der Waals surface area (Å²) in [5.41, 5.74) is 6.70. The number of rotatable bonds is 6. The van der Waals surface area contributed by atoms with Gasteiger partial charge in [-0.05, 0) is 44.1 Å². The van der Waals surface area contributed by atoms with E-state index in [0.29, 0.717) is 25.7 Å². The summed E-state index contributed by atoms with van der Waals surface area (Å²) in [4.78, 5) is 12.4. The van der Waals surface area contributed by atoms with Crippen molar-refractivity contribution in [2.24, 2.45) is 5.92 Å². The highest BCUT2D eigenvalue weighted by Crippen LogP contribution is 2.26. The molecule has 0 heterocycles. The van der Waals surface area contributed by atoms with Crippen LogP contribution in [0, 0.1) is 5.92 Å². The van der Waals surface area contributed by atoms with Crippen LogP contribution < -0.4 is 15.6 Å². The average molecular weight is 375 g/mol. The van der Waals surface area contributed by atoms with Gasteiger partial charge in [-0.1, -0.05) is 36.4 Å². The topological polar surface area (TPSA) is 87.3 Å². The summed E-state index contributed by atoms with van der Waals surface area (Å²) in [5, 5.41) is 2.16. The van der Waals surface area contributed by atoms with Crippen LogP contribution in [0.1, 0.15) is 32.6 Å². The van der Waals surface area contributed by atoms with Gasteiger partial charge < -0.3 is 0 Å². The Bertz CT molecular complexity index is 869. The molecule has 3 N–H and O–H groups in total. The maximum atomic E-state index is 12.4. The quantitative estimate of drug-likeness (QED) is 0.678. The Hall–Kier alpha value is -2.12. The van der Waals surface area contributed by atoms with Crippen molar-refractivity contribution in [2.75, 3.05) is 11.2 Å². The van der Waals surface area contributed by atoms with Crippen LogP contribution in [0.2, 0.25) is 0 Å². The van der Waals surface area contributed by atoms with Crippen LogP contribution in [0.3, 0.4) is 0 Å². The number of carbonyl (C=O) groups is 1. The number of fused-ring (bicyclic) bond motifs is 1. The van der Waals surface area contributed by atoms with E-state index in [-0.39, 0.29) is 23.6 Å². The van der Waals surface area contributed by atoms with Crippen molar-refractivity contribution in [1.82, 2.24) is 10.1 Å². The summed E-state index contributed by atoms with van der Waals surface area (Å²) in [6.45, 7) is 1.63. The zero-order valence-corrected chi connectivity index (χ0v) is 15.7. The van der Waals surface area contributed by atoms with E-state index in [1.165, 1.54) is 0 Å². The van der Waals surface area contributed by atoms with Crippen molar-refractivity contribution in [1.29, 1.82) is 0 Å². The van der Waals surface area contributed by atoms with E-state index < -0.39 is 10.0 Å². The van der Waals surface area contributed by atoms with Crippen LogP contribution in [-0.4, -0.2) is 26.1 Å². The first-order valence-corrected chi connectivity index (χ1v) is 10.7. The molecule has 1 saturated carbocycles. The Kier molecular flexibility index (Phi) is 5.78. The Labute approximate surface area is 154 Å². The van der Waals surface area contributed by atoms with Gasteiger partial charge in [-0.3, -0.25) is 15.6 Å². The number of nitrogens with one attached hydrogen (secondary N) is 3. The first-order chi connectivity index (χ1) is 12.5. The second-order valence-corrected chi connectivity index (χ2v) is 8.75. The average Bonchev–Trinajstić information content (AvgIpc) is 2.66. The van der Waals surface area contributed by atoms with Gasteiger partial charge in [0.15, 0.2) is 0 Å². The van der Waals surface area contributed by atoms with E-state index in [1.54, 1.807) is 6.92 Å². The molecule has 7 heteroatoms. The molecule has 0 spiro atoms. The molecule has 140 valence electrons. The molecule has 0 atom stereocenters.